The predicted molar refractivity (Wildman–Crippen MR) is 109 cm³/mol. The summed E-state index contributed by atoms with van der Waals surface area (Å²) in [5, 5.41) is 2.85. The second kappa shape index (κ2) is 8.95. The summed E-state index contributed by atoms with van der Waals surface area (Å²) in [4.78, 5) is 27.2. The number of nitrogens with one attached hydrogen (secondary N) is 1. The monoisotopic (exact) mass is 384 g/mol. The molecule has 0 unspecified atom stereocenters. The van der Waals surface area contributed by atoms with Gasteiger partial charge in [-0.25, -0.2) is 0 Å². The van der Waals surface area contributed by atoms with E-state index in [0.717, 1.165) is 12.2 Å². The lowest BCUT2D eigenvalue weighted by Gasteiger charge is -2.34. The van der Waals surface area contributed by atoms with Crippen molar-refractivity contribution in [2.24, 2.45) is 0 Å². The molecule has 5 nitrogen and oxygen atoms in total. The summed E-state index contributed by atoms with van der Waals surface area (Å²) in [6.07, 6.45) is 2.18. The number of carbonyl (C=O) groups excluding carboxylic acids is 2. The number of anilines is 1. The highest BCUT2D eigenvalue weighted by Gasteiger charge is 2.33. The Morgan fingerprint density at radius 3 is 2.63 bits per heavy atom. The second-order valence-corrected chi connectivity index (χ2v) is 7.28. The Morgan fingerprint density at radius 2 is 1.93 bits per heavy atom. The van der Waals surface area contributed by atoms with Gasteiger partial charge in [-0.1, -0.05) is 31.2 Å². The average Bonchev–Trinajstić information content (AvgIpc) is 2.71. The molecule has 0 bridgehead atoms. The Morgan fingerprint density at radius 1 is 1.19 bits per heavy atom. The Bertz CT molecular complexity index is 807. The molecule has 0 saturated carbocycles. The molecule has 0 radical (unpaired) electrons. The first-order chi connectivity index (χ1) is 13.1. The molecule has 2 aromatic rings. The van der Waals surface area contributed by atoms with E-state index in [0.29, 0.717) is 23.5 Å². The van der Waals surface area contributed by atoms with E-state index in [2.05, 4.69) is 5.32 Å². The van der Waals surface area contributed by atoms with Crippen LogP contribution in [0.5, 0.6) is 5.75 Å². The fourth-order valence-corrected chi connectivity index (χ4v) is 3.52. The molecule has 3 rings (SSSR count). The first-order valence-corrected chi connectivity index (χ1v) is 10.5. The van der Waals surface area contributed by atoms with Crippen LogP contribution in [0.15, 0.2) is 48.5 Å². The van der Waals surface area contributed by atoms with Crippen LogP contribution in [0.2, 0.25) is 0 Å². The Kier molecular flexibility index (Phi) is 6.40. The van der Waals surface area contributed by atoms with Gasteiger partial charge in [0, 0.05) is 17.9 Å². The molecule has 0 fully saturated rings. The standard InChI is InChI=1S/C21H24N2O3S/c1-3-12-22-20(24)19-13-23(17-6-4-5-7-18(17)26-19)21(25)16-10-8-15(9-11-16)14-27-2/h4-11,19H,3,12-14H2,1-2H3,(H,22,24)/t19-/m1/s1. The van der Waals surface area contributed by atoms with Gasteiger partial charge in [-0.2, -0.15) is 11.8 Å². The molecule has 0 aliphatic carbocycles. The van der Waals surface area contributed by atoms with Gasteiger partial charge >= 0.3 is 0 Å². The molecule has 2 aromatic carbocycles. The number of rotatable bonds is 6. The molecule has 1 aliphatic heterocycles. The van der Waals surface area contributed by atoms with Crippen LogP contribution in [0.4, 0.5) is 5.69 Å². The Balaban J connectivity index is 1.85. The lowest BCUT2D eigenvalue weighted by Crippen LogP contribution is -2.50. The summed E-state index contributed by atoms with van der Waals surface area (Å²) in [6.45, 7) is 2.77. The highest BCUT2D eigenvalue weighted by atomic mass is 32.2. The van der Waals surface area contributed by atoms with Gasteiger partial charge in [0.25, 0.3) is 11.8 Å². The second-order valence-electron chi connectivity index (χ2n) is 6.41. The molecule has 0 saturated heterocycles. The van der Waals surface area contributed by atoms with Crippen LogP contribution in [-0.4, -0.2) is 37.3 Å². The summed E-state index contributed by atoms with van der Waals surface area (Å²) < 4.78 is 5.85. The largest absolute Gasteiger partial charge is 0.477 e. The fraction of sp³-hybridized carbons (Fsp3) is 0.333. The van der Waals surface area contributed by atoms with Crippen LogP contribution in [0.3, 0.4) is 0 Å². The topological polar surface area (TPSA) is 58.6 Å². The zero-order valence-corrected chi connectivity index (χ0v) is 16.4. The van der Waals surface area contributed by atoms with E-state index in [-0.39, 0.29) is 18.4 Å². The van der Waals surface area contributed by atoms with Crippen LogP contribution in [0.25, 0.3) is 0 Å². The van der Waals surface area contributed by atoms with E-state index in [1.807, 2.05) is 55.6 Å². The smallest absolute Gasteiger partial charge is 0.262 e. The Labute approximate surface area is 164 Å². The van der Waals surface area contributed by atoms with Crippen molar-refractivity contribution in [3.63, 3.8) is 0 Å². The van der Waals surface area contributed by atoms with E-state index in [9.17, 15) is 9.59 Å². The quantitative estimate of drug-likeness (QED) is 0.828. The first-order valence-electron chi connectivity index (χ1n) is 9.07. The number of benzene rings is 2. The summed E-state index contributed by atoms with van der Waals surface area (Å²) in [7, 11) is 0. The van der Waals surface area contributed by atoms with Crippen molar-refractivity contribution in [3.05, 3.63) is 59.7 Å². The maximum atomic E-state index is 13.1. The highest BCUT2D eigenvalue weighted by Crippen LogP contribution is 2.34. The van der Waals surface area contributed by atoms with Gasteiger partial charge in [0.1, 0.15) is 5.75 Å². The van der Waals surface area contributed by atoms with Crippen molar-refractivity contribution < 1.29 is 14.3 Å². The number of thioether (sulfide) groups is 1. The number of para-hydroxylation sites is 2. The summed E-state index contributed by atoms with van der Waals surface area (Å²) in [5.74, 6) is 1.14. The third-order valence-corrected chi connectivity index (χ3v) is 4.99. The third-order valence-electron chi connectivity index (χ3n) is 4.37. The normalized spacial score (nSPS) is 15.6. The van der Waals surface area contributed by atoms with Crippen molar-refractivity contribution in [1.82, 2.24) is 5.32 Å². The van der Waals surface area contributed by atoms with Crippen molar-refractivity contribution in [1.29, 1.82) is 0 Å². The van der Waals surface area contributed by atoms with Crippen LogP contribution < -0.4 is 15.0 Å². The third kappa shape index (κ3) is 4.45. The molecule has 0 spiro atoms. The molecular weight excluding hydrogens is 360 g/mol. The molecule has 1 heterocycles. The van der Waals surface area contributed by atoms with E-state index in [1.165, 1.54) is 5.56 Å². The van der Waals surface area contributed by atoms with Gasteiger partial charge in [0.15, 0.2) is 6.10 Å². The van der Waals surface area contributed by atoms with E-state index in [4.69, 9.17) is 4.74 Å². The van der Waals surface area contributed by atoms with Gasteiger partial charge < -0.3 is 15.0 Å². The minimum atomic E-state index is -0.717. The molecule has 27 heavy (non-hydrogen) atoms. The first kappa shape index (κ1) is 19.3. The lowest BCUT2D eigenvalue weighted by atomic mass is 10.1. The van der Waals surface area contributed by atoms with Crippen LogP contribution in [-0.2, 0) is 10.5 Å². The minimum absolute atomic E-state index is 0.130. The van der Waals surface area contributed by atoms with Crippen molar-refractivity contribution in [2.45, 2.75) is 25.2 Å². The molecule has 142 valence electrons. The molecular formula is C21H24N2O3S. The summed E-state index contributed by atoms with van der Waals surface area (Å²) >= 11 is 1.74. The lowest BCUT2D eigenvalue weighted by molar-refractivity contribution is -0.127. The number of hydrogen-bond donors (Lipinski definition) is 1. The average molecular weight is 385 g/mol. The van der Waals surface area contributed by atoms with Crippen molar-refractivity contribution >= 4 is 29.3 Å². The minimum Gasteiger partial charge on any atom is -0.477 e. The summed E-state index contributed by atoms with van der Waals surface area (Å²) in [5.41, 5.74) is 2.47. The number of amides is 2. The number of fused-ring (bicyclic) bond motifs is 1. The number of hydrogen-bond acceptors (Lipinski definition) is 4. The zero-order valence-electron chi connectivity index (χ0n) is 15.6. The SMILES string of the molecule is CCCNC(=O)[C@H]1CN(C(=O)c2ccc(CSC)cc2)c2ccccc2O1. The van der Waals surface area contributed by atoms with E-state index >= 15 is 0 Å². The van der Waals surface area contributed by atoms with Gasteiger partial charge in [0.05, 0.1) is 12.2 Å². The number of carbonyl (C=O) groups is 2. The van der Waals surface area contributed by atoms with Crippen LogP contribution >= 0.6 is 11.8 Å². The van der Waals surface area contributed by atoms with E-state index in [1.54, 1.807) is 22.7 Å². The molecule has 1 N–H and O–H groups in total. The van der Waals surface area contributed by atoms with Gasteiger partial charge in [-0.05, 0) is 42.5 Å². The number of ether oxygens (including phenoxy) is 1. The summed E-state index contributed by atoms with van der Waals surface area (Å²) in [6, 6.07) is 15.0. The Hall–Kier alpha value is -2.47. The van der Waals surface area contributed by atoms with Crippen LogP contribution in [0, 0.1) is 0 Å². The molecule has 1 atom stereocenters. The van der Waals surface area contributed by atoms with Gasteiger partial charge in [0.2, 0.25) is 0 Å². The zero-order chi connectivity index (χ0) is 19.2. The molecule has 6 heteroatoms. The molecule has 1 aliphatic rings. The van der Waals surface area contributed by atoms with Crippen molar-refractivity contribution in [3.8, 4) is 5.75 Å². The van der Waals surface area contributed by atoms with Crippen molar-refractivity contribution in [2.75, 3.05) is 24.2 Å². The molecule has 2 amide bonds. The van der Waals surface area contributed by atoms with E-state index < -0.39 is 6.10 Å². The van der Waals surface area contributed by atoms with Gasteiger partial charge in [-0.3, -0.25) is 9.59 Å². The predicted octanol–water partition coefficient (Wildman–Crippen LogP) is 3.48. The fourth-order valence-electron chi connectivity index (χ4n) is 2.99. The van der Waals surface area contributed by atoms with Crippen LogP contribution in [0.1, 0.15) is 29.3 Å². The maximum absolute atomic E-state index is 13.1. The highest BCUT2D eigenvalue weighted by molar-refractivity contribution is 7.97. The number of nitrogens with zero attached hydrogens (tertiary/aromatic N) is 1. The molecule has 0 aromatic heterocycles. The van der Waals surface area contributed by atoms with Gasteiger partial charge in [-0.15, -0.1) is 0 Å². The maximum Gasteiger partial charge on any atom is 0.262 e.